The zero-order valence-corrected chi connectivity index (χ0v) is 16.7. The van der Waals surface area contributed by atoms with Crippen molar-refractivity contribution in [1.82, 2.24) is 19.9 Å². The fourth-order valence-electron chi connectivity index (χ4n) is 3.31. The minimum Gasteiger partial charge on any atom is -0.472 e. The van der Waals surface area contributed by atoms with Gasteiger partial charge in [0.2, 0.25) is 11.8 Å². The van der Waals surface area contributed by atoms with Crippen LogP contribution in [-0.2, 0) is 4.79 Å². The Morgan fingerprint density at radius 1 is 1.28 bits per heavy atom. The lowest BCUT2D eigenvalue weighted by atomic mass is 10.2. The number of pyridine rings is 1. The van der Waals surface area contributed by atoms with E-state index in [1.54, 1.807) is 17.0 Å². The molecule has 3 aromatic rings. The third-order valence-electron chi connectivity index (χ3n) is 4.79. The third-order valence-corrected chi connectivity index (χ3v) is 4.79. The van der Waals surface area contributed by atoms with Crippen LogP contribution in [0.3, 0.4) is 0 Å². The zero-order valence-electron chi connectivity index (χ0n) is 16.7. The highest BCUT2D eigenvalue weighted by atomic mass is 19.3. The van der Waals surface area contributed by atoms with Gasteiger partial charge >= 0.3 is 6.61 Å². The Bertz CT molecular complexity index is 1160. The maximum atomic E-state index is 14.0. The van der Waals surface area contributed by atoms with Crippen LogP contribution < -0.4 is 14.8 Å². The van der Waals surface area contributed by atoms with E-state index < -0.39 is 18.2 Å². The SMILES string of the molecule is C=CC(=O)N1CC[C@H](Oc2ccc3ncnc(Nc4ccc(OC(F)F)c(F)c4)c3n2)C1. The second-order valence-corrected chi connectivity index (χ2v) is 6.91. The molecule has 8 nitrogen and oxygen atoms in total. The van der Waals surface area contributed by atoms with Gasteiger partial charge in [-0.2, -0.15) is 8.78 Å². The van der Waals surface area contributed by atoms with Crippen molar-refractivity contribution in [3.05, 3.63) is 55.1 Å². The Morgan fingerprint density at radius 2 is 2.12 bits per heavy atom. The third kappa shape index (κ3) is 4.71. The predicted molar refractivity (Wildman–Crippen MR) is 109 cm³/mol. The van der Waals surface area contributed by atoms with Gasteiger partial charge in [-0.1, -0.05) is 6.58 Å². The number of hydrogen-bond acceptors (Lipinski definition) is 7. The summed E-state index contributed by atoms with van der Waals surface area (Å²) in [4.78, 5) is 26.1. The highest BCUT2D eigenvalue weighted by molar-refractivity contribution is 5.88. The minimum absolute atomic E-state index is 0.153. The molecule has 11 heteroatoms. The number of fused-ring (bicyclic) bond motifs is 1. The number of likely N-dealkylation sites (tertiary alicyclic amines) is 1. The van der Waals surface area contributed by atoms with Gasteiger partial charge in [-0.05, 0) is 24.3 Å². The first-order valence-corrected chi connectivity index (χ1v) is 9.64. The predicted octanol–water partition coefficient (Wildman–Crippen LogP) is 3.67. The second kappa shape index (κ2) is 9.08. The number of nitrogens with one attached hydrogen (secondary N) is 1. The van der Waals surface area contributed by atoms with Gasteiger partial charge in [0.15, 0.2) is 17.4 Å². The second-order valence-electron chi connectivity index (χ2n) is 6.91. The normalized spacial score (nSPS) is 15.8. The van der Waals surface area contributed by atoms with Gasteiger partial charge in [-0.3, -0.25) is 4.79 Å². The molecular formula is C21H18F3N5O3. The highest BCUT2D eigenvalue weighted by Crippen LogP contribution is 2.28. The molecule has 1 aromatic carbocycles. The number of aromatic nitrogens is 3. The number of rotatable bonds is 7. The van der Waals surface area contributed by atoms with Crippen LogP contribution in [0.1, 0.15) is 6.42 Å². The number of carbonyl (C=O) groups is 1. The van der Waals surface area contributed by atoms with E-state index in [0.717, 1.165) is 12.1 Å². The number of benzene rings is 1. The van der Waals surface area contributed by atoms with E-state index in [0.29, 0.717) is 36.4 Å². The van der Waals surface area contributed by atoms with Crippen LogP contribution >= 0.6 is 0 Å². The average molecular weight is 445 g/mol. The molecule has 4 rings (SSSR count). The fraction of sp³-hybridized carbons (Fsp3) is 0.238. The number of nitrogens with zero attached hydrogens (tertiary/aromatic N) is 4. The Morgan fingerprint density at radius 3 is 2.88 bits per heavy atom. The van der Waals surface area contributed by atoms with Crippen molar-refractivity contribution in [2.24, 2.45) is 0 Å². The Hall–Kier alpha value is -3.89. The van der Waals surface area contributed by atoms with Crippen LogP contribution in [0.2, 0.25) is 0 Å². The first kappa shape index (κ1) is 21.3. The monoisotopic (exact) mass is 445 g/mol. The summed E-state index contributed by atoms with van der Waals surface area (Å²) in [6.45, 7) is 1.35. The summed E-state index contributed by atoms with van der Waals surface area (Å²) in [5, 5.41) is 2.90. The van der Waals surface area contributed by atoms with Gasteiger partial charge in [0, 0.05) is 30.8 Å². The zero-order chi connectivity index (χ0) is 22.7. The molecule has 0 unspecified atom stereocenters. The van der Waals surface area contributed by atoms with Gasteiger partial charge in [-0.15, -0.1) is 0 Å². The van der Waals surface area contributed by atoms with E-state index in [1.807, 2.05) is 0 Å². The smallest absolute Gasteiger partial charge is 0.387 e. The van der Waals surface area contributed by atoms with E-state index in [1.165, 1.54) is 18.5 Å². The molecule has 1 aliphatic heterocycles. The molecule has 0 aliphatic carbocycles. The van der Waals surface area contributed by atoms with Gasteiger partial charge in [0.05, 0.1) is 12.1 Å². The number of carbonyl (C=O) groups excluding carboxylic acids is 1. The van der Waals surface area contributed by atoms with Gasteiger partial charge in [0.25, 0.3) is 0 Å². The number of hydrogen-bond donors (Lipinski definition) is 1. The molecule has 1 amide bonds. The Labute approximate surface area is 180 Å². The number of ether oxygens (including phenoxy) is 2. The van der Waals surface area contributed by atoms with Crippen LogP contribution in [0, 0.1) is 5.82 Å². The van der Waals surface area contributed by atoms with E-state index in [9.17, 15) is 18.0 Å². The summed E-state index contributed by atoms with van der Waals surface area (Å²) >= 11 is 0. The maximum absolute atomic E-state index is 14.0. The largest absolute Gasteiger partial charge is 0.472 e. The average Bonchev–Trinajstić information content (AvgIpc) is 3.24. The number of halogens is 3. The van der Waals surface area contributed by atoms with Crippen LogP contribution in [0.25, 0.3) is 11.0 Å². The molecule has 1 atom stereocenters. The van der Waals surface area contributed by atoms with Gasteiger partial charge < -0.3 is 19.7 Å². The van der Waals surface area contributed by atoms with Crippen molar-refractivity contribution in [2.45, 2.75) is 19.1 Å². The summed E-state index contributed by atoms with van der Waals surface area (Å²) in [7, 11) is 0. The summed E-state index contributed by atoms with van der Waals surface area (Å²) in [5.41, 5.74) is 1.14. The topological polar surface area (TPSA) is 89.5 Å². The number of alkyl halides is 2. The highest BCUT2D eigenvalue weighted by Gasteiger charge is 2.26. The molecule has 1 fully saturated rings. The molecule has 166 valence electrons. The van der Waals surface area contributed by atoms with Crippen molar-refractivity contribution in [3.63, 3.8) is 0 Å². The Balaban J connectivity index is 1.54. The lowest BCUT2D eigenvalue weighted by molar-refractivity contribution is -0.125. The van der Waals surface area contributed by atoms with Gasteiger partial charge in [-0.25, -0.2) is 19.3 Å². The van der Waals surface area contributed by atoms with Crippen molar-refractivity contribution in [3.8, 4) is 11.6 Å². The van der Waals surface area contributed by atoms with E-state index in [4.69, 9.17) is 4.74 Å². The summed E-state index contributed by atoms with van der Waals surface area (Å²) < 4.78 is 48.7. The van der Waals surface area contributed by atoms with Crippen LogP contribution in [0.15, 0.2) is 49.3 Å². The molecule has 32 heavy (non-hydrogen) atoms. The Kier molecular flexibility index (Phi) is 6.06. The summed E-state index contributed by atoms with van der Waals surface area (Å²) in [5.74, 6) is -1.07. The molecule has 0 spiro atoms. The number of anilines is 2. The minimum atomic E-state index is -3.13. The standard InChI is InChI=1S/C21H18F3N5O3/c1-2-18(30)29-8-7-13(10-29)31-17-6-4-15-19(28-17)20(26-11-25-15)27-12-3-5-16(14(22)9-12)32-21(23)24/h2-6,9,11,13,21H,1,7-8,10H2,(H,25,26,27)/t13-/m0/s1. The van der Waals surface area contributed by atoms with E-state index >= 15 is 0 Å². The lowest BCUT2D eigenvalue weighted by Gasteiger charge is -2.15. The van der Waals surface area contributed by atoms with Crippen LogP contribution in [0.5, 0.6) is 11.6 Å². The van der Waals surface area contributed by atoms with Crippen LogP contribution in [-0.4, -0.2) is 51.6 Å². The quantitative estimate of drug-likeness (QED) is 0.555. The van der Waals surface area contributed by atoms with E-state index in [-0.39, 0.29) is 23.5 Å². The molecular weight excluding hydrogens is 427 g/mol. The maximum Gasteiger partial charge on any atom is 0.387 e. The van der Waals surface area contributed by atoms with E-state index in [2.05, 4.69) is 31.6 Å². The number of amides is 1. The molecule has 1 N–H and O–H groups in total. The van der Waals surface area contributed by atoms with Crippen LogP contribution in [0.4, 0.5) is 24.7 Å². The molecule has 1 aliphatic rings. The summed E-state index contributed by atoms with van der Waals surface area (Å²) in [6.07, 6.45) is 3.01. The molecule has 1 saturated heterocycles. The molecule has 3 heterocycles. The first-order valence-electron chi connectivity index (χ1n) is 9.64. The van der Waals surface area contributed by atoms with Crippen molar-refractivity contribution in [1.29, 1.82) is 0 Å². The van der Waals surface area contributed by atoms with Crippen molar-refractivity contribution >= 4 is 28.4 Å². The summed E-state index contributed by atoms with van der Waals surface area (Å²) in [6, 6.07) is 6.83. The first-order chi connectivity index (χ1) is 15.4. The fourth-order valence-corrected chi connectivity index (χ4v) is 3.31. The van der Waals surface area contributed by atoms with Crippen molar-refractivity contribution in [2.75, 3.05) is 18.4 Å². The van der Waals surface area contributed by atoms with Crippen molar-refractivity contribution < 1.29 is 27.4 Å². The molecule has 2 aromatic heterocycles. The lowest BCUT2D eigenvalue weighted by Crippen LogP contribution is -2.29. The molecule has 0 radical (unpaired) electrons. The molecule has 0 bridgehead atoms. The van der Waals surface area contributed by atoms with Gasteiger partial charge in [0.1, 0.15) is 17.9 Å². The molecule has 0 saturated carbocycles.